The van der Waals surface area contributed by atoms with Crippen LogP contribution >= 0.6 is 0 Å². The van der Waals surface area contributed by atoms with E-state index < -0.39 is 0 Å². The maximum Gasteiger partial charge on any atom is 0.330 e. The van der Waals surface area contributed by atoms with E-state index in [1.807, 2.05) is 24.3 Å². The third-order valence-corrected chi connectivity index (χ3v) is 1.88. The van der Waals surface area contributed by atoms with E-state index in [0.29, 0.717) is 6.54 Å². The third kappa shape index (κ3) is 2.71. The minimum Gasteiger partial charge on any atom is -0.466 e. The number of methoxy groups -OCH3 is 1. The highest BCUT2D eigenvalue weighted by molar-refractivity contribution is 5.87. The fraction of sp³-hybridized carbons (Fsp3) is 0.182. The summed E-state index contributed by atoms with van der Waals surface area (Å²) in [6.07, 6.45) is 3.09. The highest BCUT2D eigenvalue weighted by atomic mass is 16.5. The molecule has 0 aliphatic rings. The monoisotopic (exact) mass is 191 g/mol. The Hall–Kier alpha value is -1.61. The van der Waals surface area contributed by atoms with Crippen LogP contribution in [0.25, 0.3) is 6.08 Å². The van der Waals surface area contributed by atoms with Crippen LogP contribution in [0.1, 0.15) is 11.1 Å². The van der Waals surface area contributed by atoms with E-state index in [-0.39, 0.29) is 5.97 Å². The van der Waals surface area contributed by atoms with Gasteiger partial charge in [0.2, 0.25) is 0 Å². The van der Waals surface area contributed by atoms with Crippen molar-refractivity contribution in [1.82, 2.24) is 0 Å². The number of carbonyl (C=O) groups is 1. The molecule has 14 heavy (non-hydrogen) atoms. The summed E-state index contributed by atoms with van der Waals surface area (Å²) in [4.78, 5) is 10.8. The molecule has 0 aliphatic carbocycles. The highest BCUT2D eigenvalue weighted by Gasteiger charge is 1.96. The Morgan fingerprint density at radius 3 is 2.86 bits per heavy atom. The Bertz CT molecular complexity index is 345. The average molecular weight is 191 g/mol. The molecule has 0 radical (unpaired) electrons. The van der Waals surface area contributed by atoms with Crippen molar-refractivity contribution < 1.29 is 9.53 Å². The van der Waals surface area contributed by atoms with Crippen molar-refractivity contribution in [2.75, 3.05) is 7.11 Å². The van der Waals surface area contributed by atoms with Crippen molar-refractivity contribution in [3.8, 4) is 0 Å². The van der Waals surface area contributed by atoms with Crippen molar-refractivity contribution in [3.63, 3.8) is 0 Å². The van der Waals surface area contributed by atoms with Crippen molar-refractivity contribution in [2.45, 2.75) is 6.54 Å². The Morgan fingerprint density at radius 2 is 2.21 bits per heavy atom. The lowest BCUT2D eigenvalue weighted by Crippen LogP contribution is -1.99. The standard InChI is InChI=1S/C11H13NO2/c1-14-11(13)7-6-9-4-2-3-5-10(9)8-12/h2-7H,8,12H2,1H3/b7-6+. The molecule has 3 heteroatoms. The molecule has 0 fully saturated rings. The number of ether oxygens (including phenoxy) is 1. The van der Waals surface area contributed by atoms with E-state index in [1.54, 1.807) is 6.08 Å². The fourth-order valence-electron chi connectivity index (χ4n) is 1.11. The zero-order valence-corrected chi connectivity index (χ0v) is 8.07. The maximum atomic E-state index is 10.8. The maximum absolute atomic E-state index is 10.8. The normalized spacial score (nSPS) is 10.4. The minimum atomic E-state index is -0.364. The number of hydrogen-bond acceptors (Lipinski definition) is 3. The summed E-state index contributed by atoms with van der Waals surface area (Å²) < 4.78 is 4.49. The van der Waals surface area contributed by atoms with Crippen molar-refractivity contribution >= 4 is 12.0 Å². The van der Waals surface area contributed by atoms with Crippen LogP contribution in [0.4, 0.5) is 0 Å². The lowest BCUT2D eigenvalue weighted by atomic mass is 10.1. The van der Waals surface area contributed by atoms with Crippen LogP contribution in [0.3, 0.4) is 0 Å². The van der Waals surface area contributed by atoms with Crippen molar-refractivity contribution in [1.29, 1.82) is 0 Å². The Kier molecular flexibility index (Phi) is 3.88. The van der Waals surface area contributed by atoms with E-state index in [4.69, 9.17) is 5.73 Å². The number of rotatable bonds is 3. The molecule has 1 aromatic carbocycles. The molecular weight excluding hydrogens is 178 g/mol. The second-order valence-electron chi connectivity index (χ2n) is 2.76. The Balaban J connectivity index is 2.85. The van der Waals surface area contributed by atoms with Gasteiger partial charge in [-0.05, 0) is 17.2 Å². The van der Waals surface area contributed by atoms with Crippen LogP contribution < -0.4 is 5.73 Å². The first-order chi connectivity index (χ1) is 6.77. The molecule has 0 spiro atoms. The lowest BCUT2D eigenvalue weighted by Gasteiger charge is -2.01. The summed E-state index contributed by atoms with van der Waals surface area (Å²) in [6.45, 7) is 0.460. The number of hydrogen-bond donors (Lipinski definition) is 1. The highest BCUT2D eigenvalue weighted by Crippen LogP contribution is 2.09. The molecule has 0 saturated carbocycles. The van der Waals surface area contributed by atoms with Gasteiger partial charge in [-0.3, -0.25) is 0 Å². The molecule has 0 atom stereocenters. The molecule has 0 aliphatic heterocycles. The van der Waals surface area contributed by atoms with Gasteiger partial charge in [0.15, 0.2) is 0 Å². The van der Waals surface area contributed by atoms with Crippen LogP contribution in [-0.2, 0) is 16.1 Å². The van der Waals surface area contributed by atoms with Gasteiger partial charge in [-0.2, -0.15) is 0 Å². The molecule has 0 aromatic heterocycles. The lowest BCUT2D eigenvalue weighted by molar-refractivity contribution is -0.134. The van der Waals surface area contributed by atoms with Gasteiger partial charge in [-0.1, -0.05) is 24.3 Å². The predicted octanol–water partition coefficient (Wildman–Crippen LogP) is 1.33. The SMILES string of the molecule is COC(=O)/C=C/c1ccccc1CN. The second kappa shape index (κ2) is 5.19. The van der Waals surface area contributed by atoms with Crippen LogP contribution in [0, 0.1) is 0 Å². The Labute approximate surface area is 83.2 Å². The van der Waals surface area contributed by atoms with E-state index in [1.165, 1.54) is 13.2 Å². The Morgan fingerprint density at radius 1 is 1.50 bits per heavy atom. The smallest absolute Gasteiger partial charge is 0.330 e. The van der Waals surface area contributed by atoms with Crippen LogP contribution in [0.2, 0.25) is 0 Å². The van der Waals surface area contributed by atoms with Crippen molar-refractivity contribution in [3.05, 3.63) is 41.5 Å². The summed E-state index contributed by atoms with van der Waals surface area (Å²) in [6, 6.07) is 7.65. The minimum absolute atomic E-state index is 0.364. The first-order valence-electron chi connectivity index (χ1n) is 4.32. The molecule has 0 amide bonds. The van der Waals surface area contributed by atoms with E-state index in [2.05, 4.69) is 4.74 Å². The van der Waals surface area contributed by atoms with Gasteiger partial charge in [0.25, 0.3) is 0 Å². The summed E-state index contributed by atoms with van der Waals surface area (Å²) in [7, 11) is 1.35. The zero-order chi connectivity index (χ0) is 10.4. The predicted molar refractivity (Wildman–Crippen MR) is 55.4 cm³/mol. The van der Waals surface area contributed by atoms with Gasteiger partial charge in [-0.15, -0.1) is 0 Å². The third-order valence-electron chi connectivity index (χ3n) is 1.88. The van der Waals surface area contributed by atoms with Gasteiger partial charge in [0.1, 0.15) is 0 Å². The molecule has 1 aromatic rings. The number of nitrogens with two attached hydrogens (primary N) is 1. The summed E-state index contributed by atoms with van der Waals surface area (Å²) in [5, 5.41) is 0. The molecule has 0 bridgehead atoms. The summed E-state index contributed by atoms with van der Waals surface area (Å²) >= 11 is 0. The molecular formula is C11H13NO2. The molecule has 0 unspecified atom stereocenters. The van der Waals surface area contributed by atoms with E-state index in [0.717, 1.165) is 11.1 Å². The topological polar surface area (TPSA) is 52.3 Å². The van der Waals surface area contributed by atoms with Gasteiger partial charge in [0, 0.05) is 12.6 Å². The number of benzene rings is 1. The van der Waals surface area contributed by atoms with Gasteiger partial charge in [-0.25, -0.2) is 4.79 Å². The summed E-state index contributed by atoms with van der Waals surface area (Å²) in [5.74, 6) is -0.364. The van der Waals surface area contributed by atoms with Crippen molar-refractivity contribution in [2.24, 2.45) is 5.73 Å². The molecule has 0 saturated heterocycles. The van der Waals surface area contributed by atoms with Crippen LogP contribution in [-0.4, -0.2) is 13.1 Å². The fourth-order valence-corrected chi connectivity index (χ4v) is 1.11. The van der Waals surface area contributed by atoms with E-state index in [9.17, 15) is 4.79 Å². The van der Waals surface area contributed by atoms with Gasteiger partial charge in [0.05, 0.1) is 7.11 Å². The summed E-state index contributed by atoms with van der Waals surface area (Å²) in [5.41, 5.74) is 7.49. The quantitative estimate of drug-likeness (QED) is 0.579. The molecule has 3 nitrogen and oxygen atoms in total. The zero-order valence-electron chi connectivity index (χ0n) is 8.07. The van der Waals surface area contributed by atoms with Crippen LogP contribution in [0.15, 0.2) is 30.3 Å². The molecule has 2 N–H and O–H groups in total. The molecule has 1 rings (SSSR count). The second-order valence-corrected chi connectivity index (χ2v) is 2.76. The molecule has 0 heterocycles. The first-order valence-corrected chi connectivity index (χ1v) is 4.32. The van der Waals surface area contributed by atoms with Gasteiger partial charge < -0.3 is 10.5 Å². The molecule has 74 valence electrons. The van der Waals surface area contributed by atoms with E-state index >= 15 is 0 Å². The number of carbonyl (C=O) groups excluding carboxylic acids is 1. The number of esters is 1. The van der Waals surface area contributed by atoms with Crippen LogP contribution in [0.5, 0.6) is 0 Å². The van der Waals surface area contributed by atoms with Gasteiger partial charge >= 0.3 is 5.97 Å². The largest absolute Gasteiger partial charge is 0.466 e. The first kappa shape index (κ1) is 10.5. The average Bonchev–Trinajstić information content (AvgIpc) is 2.26.